The molecule has 30 heavy (non-hydrogen) atoms. The molecule has 0 fully saturated rings. The molecule has 0 saturated carbocycles. The molecule has 1 atom stereocenters. The lowest BCUT2D eigenvalue weighted by atomic mass is 9.83. The lowest BCUT2D eigenvalue weighted by Gasteiger charge is -2.27. The van der Waals surface area contributed by atoms with E-state index in [4.69, 9.17) is 29.1 Å². The average Bonchev–Trinajstić information content (AvgIpc) is 2.77. The molecule has 4 rings (SSSR count). The van der Waals surface area contributed by atoms with E-state index >= 15 is 0 Å². The first-order valence-corrected chi connectivity index (χ1v) is 8.97. The summed E-state index contributed by atoms with van der Waals surface area (Å²) < 4.78 is 27.6. The minimum absolute atomic E-state index is 0.0654. The Balaban J connectivity index is 2.10. The summed E-state index contributed by atoms with van der Waals surface area (Å²) in [5.41, 5.74) is 6.53. The molecule has 2 N–H and O–H groups in total. The van der Waals surface area contributed by atoms with Crippen molar-refractivity contribution in [2.75, 3.05) is 21.3 Å². The van der Waals surface area contributed by atoms with Crippen molar-refractivity contribution >= 4 is 11.0 Å². The molecule has 0 unspecified atom stereocenters. The van der Waals surface area contributed by atoms with Crippen LogP contribution in [0.4, 0.5) is 0 Å². The van der Waals surface area contributed by atoms with Gasteiger partial charge in [0.2, 0.25) is 11.6 Å². The van der Waals surface area contributed by atoms with Crippen LogP contribution in [-0.2, 0) is 0 Å². The van der Waals surface area contributed by atoms with Crippen molar-refractivity contribution < 1.29 is 23.4 Å². The number of hydrogen-bond donors (Lipinski definition) is 1. The van der Waals surface area contributed by atoms with E-state index in [0.29, 0.717) is 33.8 Å². The van der Waals surface area contributed by atoms with E-state index in [1.54, 1.807) is 36.4 Å². The van der Waals surface area contributed by atoms with Crippen LogP contribution in [-0.4, -0.2) is 21.3 Å². The highest BCUT2D eigenvalue weighted by molar-refractivity contribution is 5.86. The van der Waals surface area contributed by atoms with E-state index in [9.17, 15) is 10.1 Å². The van der Waals surface area contributed by atoms with Crippen molar-refractivity contribution in [2.45, 2.75) is 5.92 Å². The molecule has 0 amide bonds. The van der Waals surface area contributed by atoms with Gasteiger partial charge in [-0.1, -0.05) is 18.2 Å². The van der Waals surface area contributed by atoms with Crippen molar-refractivity contribution in [1.82, 2.24) is 0 Å². The molecule has 3 aromatic rings. The fraction of sp³-hybridized carbons (Fsp3) is 0.182. The third-order valence-corrected chi connectivity index (χ3v) is 5.02. The predicted octanol–water partition coefficient (Wildman–Crippen LogP) is 3.04. The largest absolute Gasteiger partial charge is 0.493 e. The number of rotatable bonds is 4. The summed E-state index contributed by atoms with van der Waals surface area (Å²) >= 11 is 0. The molecule has 1 aromatic heterocycles. The van der Waals surface area contributed by atoms with Gasteiger partial charge >= 0.3 is 5.63 Å². The molecule has 1 aliphatic rings. The number of nitrogens with zero attached hydrogens (tertiary/aromatic N) is 1. The van der Waals surface area contributed by atoms with Gasteiger partial charge < -0.3 is 29.1 Å². The summed E-state index contributed by atoms with van der Waals surface area (Å²) in [5, 5.41) is 10.4. The standard InChI is InChI=1S/C22H18N2O6/c1-26-15-9-8-12(19(27-2)20(15)28-3)16-13(10-23)21(24)30-18-11-6-4-5-7-14(11)29-22(25)17(16)18/h4-9,16H,24H2,1-3H3/t16-/m1/s1. The fourth-order valence-electron chi connectivity index (χ4n) is 3.73. The van der Waals surface area contributed by atoms with Crippen LogP contribution in [0.2, 0.25) is 0 Å². The smallest absolute Gasteiger partial charge is 0.344 e. The summed E-state index contributed by atoms with van der Waals surface area (Å²) in [4.78, 5) is 13.0. The lowest BCUT2D eigenvalue weighted by molar-refractivity contribution is 0.321. The van der Waals surface area contributed by atoms with Crippen molar-refractivity contribution in [1.29, 1.82) is 5.26 Å². The average molecular weight is 406 g/mol. The number of ether oxygens (including phenoxy) is 4. The molecule has 1 aliphatic heterocycles. The SMILES string of the molecule is COc1ccc([C@@H]2C(C#N)=C(N)Oc3c2c(=O)oc2ccccc32)c(OC)c1OC. The maximum Gasteiger partial charge on any atom is 0.344 e. The van der Waals surface area contributed by atoms with E-state index in [1.807, 2.05) is 0 Å². The Kier molecular flexibility index (Phi) is 4.72. The van der Waals surface area contributed by atoms with Gasteiger partial charge in [0.25, 0.3) is 0 Å². The van der Waals surface area contributed by atoms with Crippen molar-refractivity contribution in [3.05, 3.63) is 69.4 Å². The summed E-state index contributed by atoms with van der Waals surface area (Å²) in [6.45, 7) is 0. The zero-order chi connectivity index (χ0) is 21.4. The van der Waals surface area contributed by atoms with Crippen molar-refractivity contribution in [3.8, 4) is 29.1 Å². The van der Waals surface area contributed by atoms with Crippen LogP contribution in [0.15, 0.2) is 57.1 Å². The molecule has 2 heterocycles. The van der Waals surface area contributed by atoms with Crippen molar-refractivity contribution in [2.24, 2.45) is 5.73 Å². The summed E-state index contributed by atoms with van der Waals surface area (Å²) in [7, 11) is 4.43. The van der Waals surface area contributed by atoms with Crippen LogP contribution in [0, 0.1) is 11.3 Å². The molecule has 2 aromatic carbocycles. The van der Waals surface area contributed by atoms with Gasteiger partial charge in [-0.05, 0) is 18.2 Å². The van der Waals surface area contributed by atoms with Gasteiger partial charge in [-0.15, -0.1) is 0 Å². The van der Waals surface area contributed by atoms with Gasteiger partial charge in [-0.2, -0.15) is 5.26 Å². The van der Waals surface area contributed by atoms with Crippen molar-refractivity contribution in [3.63, 3.8) is 0 Å². The van der Waals surface area contributed by atoms with E-state index in [2.05, 4.69) is 6.07 Å². The highest BCUT2D eigenvalue weighted by Gasteiger charge is 2.38. The van der Waals surface area contributed by atoms with Gasteiger partial charge in [0.05, 0.1) is 38.2 Å². The Morgan fingerprint density at radius 1 is 1.03 bits per heavy atom. The second-order valence-corrected chi connectivity index (χ2v) is 6.48. The maximum atomic E-state index is 13.0. The van der Waals surface area contributed by atoms with E-state index in [1.165, 1.54) is 21.3 Å². The van der Waals surface area contributed by atoms with E-state index in [-0.39, 0.29) is 22.8 Å². The van der Waals surface area contributed by atoms with E-state index < -0.39 is 11.5 Å². The van der Waals surface area contributed by atoms with Gasteiger partial charge in [0.1, 0.15) is 17.2 Å². The molecular weight excluding hydrogens is 388 g/mol. The molecule has 0 saturated heterocycles. The number of nitriles is 1. The molecule has 152 valence electrons. The second kappa shape index (κ2) is 7.37. The Bertz CT molecular complexity index is 1290. The Morgan fingerprint density at radius 3 is 2.43 bits per heavy atom. The van der Waals surface area contributed by atoms with E-state index in [0.717, 1.165) is 0 Å². The topological polar surface area (TPSA) is 117 Å². The Labute approximate surface area is 171 Å². The molecule has 8 nitrogen and oxygen atoms in total. The number of methoxy groups -OCH3 is 3. The van der Waals surface area contributed by atoms with Gasteiger partial charge in [-0.3, -0.25) is 0 Å². The number of allylic oxidation sites excluding steroid dienone is 1. The Hall–Kier alpha value is -4.12. The third kappa shape index (κ3) is 2.71. The fourth-order valence-corrected chi connectivity index (χ4v) is 3.73. The van der Waals surface area contributed by atoms with Crippen LogP contribution in [0.1, 0.15) is 17.0 Å². The number of hydrogen-bond acceptors (Lipinski definition) is 8. The number of para-hydroxylation sites is 1. The lowest BCUT2D eigenvalue weighted by Crippen LogP contribution is -2.26. The molecule has 0 aliphatic carbocycles. The Morgan fingerprint density at radius 2 is 1.77 bits per heavy atom. The predicted molar refractivity (Wildman–Crippen MR) is 108 cm³/mol. The zero-order valence-electron chi connectivity index (χ0n) is 16.5. The molecule has 8 heteroatoms. The van der Waals surface area contributed by atoms with Crippen LogP contribution >= 0.6 is 0 Å². The normalized spacial score (nSPS) is 15.2. The number of benzene rings is 2. The summed E-state index contributed by atoms with van der Waals surface area (Å²) in [5.74, 6) is 0.345. The van der Waals surface area contributed by atoms with Gasteiger partial charge in [0, 0.05) is 5.56 Å². The summed E-state index contributed by atoms with van der Waals surface area (Å²) in [6.07, 6.45) is 0. The first-order chi connectivity index (χ1) is 14.5. The first-order valence-electron chi connectivity index (χ1n) is 8.97. The molecule has 0 bridgehead atoms. The van der Waals surface area contributed by atoms with Crippen LogP contribution in [0.25, 0.3) is 11.0 Å². The monoisotopic (exact) mass is 406 g/mol. The zero-order valence-corrected chi connectivity index (χ0v) is 16.5. The highest BCUT2D eigenvalue weighted by atomic mass is 16.5. The number of nitrogens with two attached hydrogens (primary N) is 1. The third-order valence-electron chi connectivity index (χ3n) is 5.02. The summed E-state index contributed by atoms with van der Waals surface area (Å²) in [6, 6.07) is 12.4. The van der Waals surface area contributed by atoms with Crippen LogP contribution < -0.4 is 30.3 Å². The minimum atomic E-state index is -0.880. The van der Waals surface area contributed by atoms with Crippen LogP contribution in [0.5, 0.6) is 23.0 Å². The van der Waals surface area contributed by atoms with Gasteiger partial charge in [-0.25, -0.2) is 4.79 Å². The quantitative estimate of drug-likeness (QED) is 0.657. The molecular formula is C22H18N2O6. The number of fused-ring (bicyclic) bond motifs is 3. The maximum absolute atomic E-state index is 13.0. The first kappa shape index (κ1) is 19.2. The molecule has 0 spiro atoms. The second-order valence-electron chi connectivity index (χ2n) is 6.48. The minimum Gasteiger partial charge on any atom is -0.493 e. The van der Waals surface area contributed by atoms with Crippen LogP contribution in [0.3, 0.4) is 0 Å². The highest BCUT2D eigenvalue weighted by Crippen LogP contribution is 2.50. The molecule has 0 radical (unpaired) electrons. The van der Waals surface area contributed by atoms with Gasteiger partial charge in [0.15, 0.2) is 17.2 Å².